The predicted octanol–water partition coefficient (Wildman–Crippen LogP) is 2.54. The molecule has 0 heterocycles. The van der Waals surface area contributed by atoms with E-state index >= 15 is 0 Å². The van der Waals surface area contributed by atoms with Gasteiger partial charge in [-0.1, -0.05) is 22.0 Å². The molecule has 15 heavy (non-hydrogen) atoms. The van der Waals surface area contributed by atoms with Crippen LogP contribution in [0.3, 0.4) is 0 Å². The van der Waals surface area contributed by atoms with Gasteiger partial charge in [0.2, 0.25) is 0 Å². The van der Waals surface area contributed by atoms with Crippen LogP contribution in [0.5, 0.6) is 0 Å². The van der Waals surface area contributed by atoms with Gasteiger partial charge in [-0.3, -0.25) is 4.79 Å². The summed E-state index contributed by atoms with van der Waals surface area (Å²) >= 11 is 3.42. The number of aryl methyl sites for hydroxylation is 2. The Hall–Kier alpha value is -0.870. The zero-order valence-corrected chi connectivity index (χ0v) is 10.3. The van der Waals surface area contributed by atoms with E-state index in [0.29, 0.717) is 0 Å². The third kappa shape index (κ3) is 3.04. The molecule has 1 rings (SSSR count). The minimum Gasteiger partial charge on any atom is -0.481 e. The Morgan fingerprint density at radius 2 is 2.07 bits per heavy atom. The van der Waals surface area contributed by atoms with Crippen molar-refractivity contribution in [2.75, 3.05) is 0 Å². The first-order valence-electron chi connectivity index (χ1n) is 4.66. The number of hydrogen-bond acceptors (Lipinski definition) is 2. The van der Waals surface area contributed by atoms with Crippen LogP contribution in [-0.2, 0) is 4.79 Å². The van der Waals surface area contributed by atoms with Gasteiger partial charge in [-0.15, -0.1) is 0 Å². The molecule has 0 bridgehead atoms. The van der Waals surface area contributed by atoms with Crippen molar-refractivity contribution >= 4 is 21.9 Å². The van der Waals surface area contributed by atoms with Crippen LogP contribution >= 0.6 is 15.9 Å². The number of rotatable bonds is 3. The summed E-state index contributed by atoms with van der Waals surface area (Å²) < 4.78 is 1.02. The molecule has 3 nitrogen and oxygen atoms in total. The zero-order chi connectivity index (χ0) is 11.6. The highest BCUT2D eigenvalue weighted by atomic mass is 79.9. The number of nitrogens with two attached hydrogens (primary N) is 1. The van der Waals surface area contributed by atoms with Crippen LogP contribution in [0.4, 0.5) is 0 Å². The van der Waals surface area contributed by atoms with E-state index in [1.807, 2.05) is 26.0 Å². The Kier molecular flexibility index (Phi) is 3.88. The van der Waals surface area contributed by atoms with E-state index in [1.54, 1.807) is 0 Å². The molecular weight excluding hydrogens is 258 g/mol. The number of halogens is 1. The van der Waals surface area contributed by atoms with Gasteiger partial charge in [-0.25, -0.2) is 0 Å². The van der Waals surface area contributed by atoms with Gasteiger partial charge in [0, 0.05) is 10.5 Å². The summed E-state index contributed by atoms with van der Waals surface area (Å²) in [4.78, 5) is 10.6. The third-order valence-electron chi connectivity index (χ3n) is 2.34. The van der Waals surface area contributed by atoms with Crippen LogP contribution in [0.2, 0.25) is 0 Å². The van der Waals surface area contributed by atoms with Crippen LogP contribution in [0, 0.1) is 13.8 Å². The van der Waals surface area contributed by atoms with Crippen molar-refractivity contribution in [2.45, 2.75) is 26.3 Å². The molecule has 0 amide bonds. The van der Waals surface area contributed by atoms with Gasteiger partial charge in [-0.2, -0.15) is 0 Å². The van der Waals surface area contributed by atoms with Crippen molar-refractivity contribution in [3.05, 3.63) is 33.3 Å². The lowest BCUT2D eigenvalue weighted by atomic mass is 9.97. The Labute approximate surface area is 97.4 Å². The minimum absolute atomic E-state index is 0.0398. The fourth-order valence-corrected chi connectivity index (χ4v) is 1.96. The van der Waals surface area contributed by atoms with Gasteiger partial charge < -0.3 is 10.8 Å². The first-order chi connectivity index (χ1) is 6.91. The van der Waals surface area contributed by atoms with E-state index in [4.69, 9.17) is 10.8 Å². The standard InChI is InChI=1S/C11H14BrNO2/c1-6-4-9(12)7(2)3-8(6)10(13)5-11(14)15/h3-4,10H,5,13H2,1-2H3,(H,14,15). The Morgan fingerprint density at radius 1 is 1.47 bits per heavy atom. The maximum atomic E-state index is 10.6. The SMILES string of the molecule is Cc1cc(C(N)CC(=O)O)c(C)cc1Br. The molecule has 3 N–H and O–H groups in total. The highest BCUT2D eigenvalue weighted by Crippen LogP contribution is 2.25. The summed E-state index contributed by atoms with van der Waals surface area (Å²) in [5.74, 6) is -0.873. The van der Waals surface area contributed by atoms with Crippen molar-refractivity contribution in [3.8, 4) is 0 Å². The number of carboxylic acids is 1. The van der Waals surface area contributed by atoms with Crippen LogP contribution in [0.25, 0.3) is 0 Å². The maximum Gasteiger partial charge on any atom is 0.305 e. The van der Waals surface area contributed by atoms with Crippen LogP contribution < -0.4 is 5.73 Å². The second-order valence-electron chi connectivity index (χ2n) is 3.66. The lowest BCUT2D eigenvalue weighted by Gasteiger charge is -2.14. The third-order valence-corrected chi connectivity index (χ3v) is 3.20. The molecule has 1 unspecified atom stereocenters. The number of hydrogen-bond donors (Lipinski definition) is 2. The molecule has 1 atom stereocenters. The van der Waals surface area contributed by atoms with Crippen molar-refractivity contribution in [3.63, 3.8) is 0 Å². The Balaban J connectivity index is 3.03. The molecule has 0 aliphatic heterocycles. The normalized spacial score (nSPS) is 12.5. The zero-order valence-electron chi connectivity index (χ0n) is 8.75. The maximum absolute atomic E-state index is 10.6. The van der Waals surface area contributed by atoms with Crippen LogP contribution in [0.15, 0.2) is 16.6 Å². The molecule has 1 aromatic carbocycles. The summed E-state index contributed by atoms with van der Waals surface area (Å²) in [5.41, 5.74) is 8.80. The summed E-state index contributed by atoms with van der Waals surface area (Å²) in [5, 5.41) is 8.67. The van der Waals surface area contributed by atoms with Gasteiger partial charge in [0.15, 0.2) is 0 Å². The molecule has 0 saturated heterocycles. The van der Waals surface area contributed by atoms with Crippen LogP contribution in [-0.4, -0.2) is 11.1 Å². The van der Waals surface area contributed by atoms with E-state index in [-0.39, 0.29) is 6.42 Å². The summed E-state index contributed by atoms with van der Waals surface area (Å²) in [6.07, 6.45) is -0.0398. The molecule has 4 heteroatoms. The van der Waals surface area contributed by atoms with Crippen molar-refractivity contribution < 1.29 is 9.90 Å². The molecule has 1 aromatic rings. The quantitative estimate of drug-likeness (QED) is 0.888. The Morgan fingerprint density at radius 3 is 2.60 bits per heavy atom. The smallest absolute Gasteiger partial charge is 0.305 e. The topological polar surface area (TPSA) is 63.3 Å². The fraction of sp³-hybridized carbons (Fsp3) is 0.364. The average molecular weight is 272 g/mol. The average Bonchev–Trinajstić information content (AvgIpc) is 2.09. The largest absolute Gasteiger partial charge is 0.481 e. The van der Waals surface area contributed by atoms with Crippen LogP contribution in [0.1, 0.15) is 29.2 Å². The number of carbonyl (C=O) groups is 1. The fourth-order valence-electron chi connectivity index (χ4n) is 1.50. The van der Waals surface area contributed by atoms with Gasteiger partial charge in [-0.05, 0) is 36.6 Å². The minimum atomic E-state index is -0.873. The van der Waals surface area contributed by atoms with E-state index in [2.05, 4.69) is 15.9 Å². The monoisotopic (exact) mass is 271 g/mol. The summed E-state index contributed by atoms with van der Waals surface area (Å²) in [6, 6.07) is 3.47. The molecule has 82 valence electrons. The van der Waals surface area contributed by atoms with Crippen molar-refractivity contribution in [2.24, 2.45) is 5.73 Å². The molecule has 0 radical (unpaired) electrons. The summed E-state index contributed by atoms with van der Waals surface area (Å²) in [6.45, 7) is 3.89. The first kappa shape index (κ1) is 12.2. The van der Waals surface area contributed by atoms with Gasteiger partial charge in [0.05, 0.1) is 6.42 Å². The molecule has 0 aliphatic carbocycles. The highest BCUT2D eigenvalue weighted by Gasteiger charge is 2.13. The van der Waals surface area contributed by atoms with Crippen molar-refractivity contribution in [1.82, 2.24) is 0 Å². The molecule has 0 spiro atoms. The number of aliphatic carboxylic acids is 1. The molecule has 0 saturated carbocycles. The van der Waals surface area contributed by atoms with Gasteiger partial charge >= 0.3 is 5.97 Å². The van der Waals surface area contributed by atoms with E-state index in [0.717, 1.165) is 21.2 Å². The summed E-state index contributed by atoms with van der Waals surface area (Å²) in [7, 11) is 0. The molecule has 0 aliphatic rings. The van der Waals surface area contributed by atoms with Crippen molar-refractivity contribution in [1.29, 1.82) is 0 Å². The number of benzene rings is 1. The lowest BCUT2D eigenvalue weighted by Crippen LogP contribution is -2.16. The molecule has 0 fully saturated rings. The molecular formula is C11H14BrNO2. The van der Waals surface area contributed by atoms with Gasteiger partial charge in [0.25, 0.3) is 0 Å². The lowest BCUT2D eigenvalue weighted by molar-refractivity contribution is -0.137. The van der Waals surface area contributed by atoms with E-state index < -0.39 is 12.0 Å². The second-order valence-corrected chi connectivity index (χ2v) is 4.52. The number of carboxylic acid groups (broad SMARTS) is 1. The Bertz CT molecular complexity index is 390. The van der Waals surface area contributed by atoms with E-state index in [1.165, 1.54) is 0 Å². The predicted molar refractivity (Wildman–Crippen MR) is 62.8 cm³/mol. The van der Waals surface area contributed by atoms with Gasteiger partial charge in [0.1, 0.15) is 0 Å². The highest BCUT2D eigenvalue weighted by molar-refractivity contribution is 9.10. The van der Waals surface area contributed by atoms with E-state index in [9.17, 15) is 4.79 Å². The first-order valence-corrected chi connectivity index (χ1v) is 5.45. The molecule has 0 aromatic heterocycles. The second kappa shape index (κ2) is 4.77.